The molecule has 7 atom stereocenters. The predicted octanol–water partition coefficient (Wildman–Crippen LogP) is 9.63. The first-order valence-electron chi connectivity index (χ1n) is 16.8. The molecule has 4 aliphatic rings. The van der Waals surface area contributed by atoms with Crippen LogP contribution in [0.5, 0.6) is 0 Å². The summed E-state index contributed by atoms with van der Waals surface area (Å²) < 4.78 is 32.7. The number of carbonyl (C=O) groups is 1. The SMILES string of the molecule is C=C(CC[C@@H](C)[C@@H]1CC[C@]2(C)C3=C(C(=O)C[C@@]12C)[C@@]1(C)CC[C@H](OS(=O)(=O)c2ccc(C)cc2)C(C)(C)[C@@H]1CC3)C(C)C. The Morgan fingerprint density at radius 1 is 1.00 bits per heavy atom. The highest BCUT2D eigenvalue weighted by Gasteiger charge is 2.65. The Labute approximate surface area is 262 Å². The Morgan fingerprint density at radius 2 is 1.65 bits per heavy atom. The average molecular weight is 609 g/mol. The Bertz CT molecular complexity index is 1420. The van der Waals surface area contributed by atoms with Gasteiger partial charge in [0.05, 0.1) is 11.0 Å². The minimum atomic E-state index is -3.88. The Morgan fingerprint density at radius 3 is 2.28 bits per heavy atom. The largest absolute Gasteiger partial charge is 0.297 e. The molecule has 5 heteroatoms. The lowest BCUT2D eigenvalue weighted by Gasteiger charge is -2.61. The summed E-state index contributed by atoms with van der Waals surface area (Å²) in [7, 11) is -3.88. The van der Waals surface area contributed by atoms with E-state index in [1.54, 1.807) is 12.1 Å². The van der Waals surface area contributed by atoms with Crippen molar-refractivity contribution in [3.05, 3.63) is 53.1 Å². The third kappa shape index (κ3) is 5.13. The van der Waals surface area contributed by atoms with E-state index in [4.69, 9.17) is 4.18 Å². The number of hydrogen-bond acceptors (Lipinski definition) is 4. The molecule has 238 valence electrons. The van der Waals surface area contributed by atoms with E-state index < -0.39 is 21.6 Å². The molecule has 5 rings (SSSR count). The third-order valence-corrected chi connectivity index (χ3v) is 14.8. The molecule has 0 N–H and O–H groups in total. The van der Waals surface area contributed by atoms with Gasteiger partial charge in [0.2, 0.25) is 0 Å². The average Bonchev–Trinajstić information content (AvgIpc) is 3.19. The molecular weight excluding hydrogens is 552 g/mol. The number of aryl methyl sites for hydroxylation is 1. The van der Waals surface area contributed by atoms with Crippen LogP contribution >= 0.6 is 0 Å². The van der Waals surface area contributed by atoms with Crippen LogP contribution in [0.3, 0.4) is 0 Å². The van der Waals surface area contributed by atoms with Gasteiger partial charge in [-0.3, -0.25) is 8.98 Å². The van der Waals surface area contributed by atoms with E-state index in [1.165, 1.54) is 17.6 Å². The van der Waals surface area contributed by atoms with Gasteiger partial charge >= 0.3 is 0 Å². The van der Waals surface area contributed by atoms with Crippen molar-refractivity contribution in [2.45, 2.75) is 131 Å². The molecule has 0 heterocycles. The lowest BCUT2D eigenvalue weighted by atomic mass is 9.43. The fraction of sp³-hybridized carbons (Fsp3) is 0.711. The zero-order valence-corrected chi connectivity index (χ0v) is 29.1. The van der Waals surface area contributed by atoms with Crippen molar-refractivity contribution in [1.82, 2.24) is 0 Å². The summed E-state index contributed by atoms with van der Waals surface area (Å²) in [6, 6.07) is 6.90. The summed E-state index contributed by atoms with van der Waals surface area (Å²) in [5.41, 5.74) is 4.25. The number of ketones is 1. The van der Waals surface area contributed by atoms with Gasteiger partial charge in [0.15, 0.2) is 5.78 Å². The molecular formula is C38H56O4S. The monoisotopic (exact) mass is 608 g/mol. The molecule has 4 aliphatic carbocycles. The smallest absolute Gasteiger partial charge is 0.295 e. The van der Waals surface area contributed by atoms with Crippen LogP contribution in [0.25, 0.3) is 0 Å². The number of allylic oxidation sites excluding steroid dienone is 3. The van der Waals surface area contributed by atoms with E-state index in [0.29, 0.717) is 36.4 Å². The van der Waals surface area contributed by atoms with E-state index in [9.17, 15) is 13.2 Å². The van der Waals surface area contributed by atoms with Crippen LogP contribution in [0.1, 0.15) is 119 Å². The molecule has 1 aromatic carbocycles. The molecule has 0 spiro atoms. The van der Waals surface area contributed by atoms with Crippen LogP contribution in [0, 0.1) is 52.3 Å². The van der Waals surface area contributed by atoms with Gasteiger partial charge in [-0.05, 0) is 116 Å². The maximum absolute atomic E-state index is 14.4. The Hall–Kier alpha value is -1.72. The van der Waals surface area contributed by atoms with E-state index in [1.807, 2.05) is 19.1 Å². The molecule has 2 saturated carbocycles. The topological polar surface area (TPSA) is 60.4 Å². The molecule has 2 fully saturated rings. The molecule has 0 aliphatic heterocycles. The molecule has 1 aromatic rings. The van der Waals surface area contributed by atoms with Crippen molar-refractivity contribution in [2.75, 3.05) is 0 Å². The zero-order chi connectivity index (χ0) is 31.8. The maximum atomic E-state index is 14.4. The molecule has 4 nitrogen and oxygen atoms in total. The fourth-order valence-electron chi connectivity index (χ4n) is 10.4. The summed E-state index contributed by atoms with van der Waals surface area (Å²) in [6.45, 7) is 24.7. The fourth-order valence-corrected chi connectivity index (χ4v) is 11.6. The van der Waals surface area contributed by atoms with Crippen molar-refractivity contribution in [1.29, 1.82) is 0 Å². The van der Waals surface area contributed by atoms with Crippen molar-refractivity contribution in [2.24, 2.45) is 45.3 Å². The first-order valence-corrected chi connectivity index (χ1v) is 18.2. The molecule has 0 unspecified atom stereocenters. The predicted molar refractivity (Wildman–Crippen MR) is 175 cm³/mol. The highest BCUT2D eigenvalue weighted by molar-refractivity contribution is 7.86. The van der Waals surface area contributed by atoms with Crippen molar-refractivity contribution >= 4 is 15.9 Å². The standard InChI is InChI=1S/C38H56O4S/c1-24(2)26(4)13-14-27(5)29-19-22-37(9)30-17-18-32-35(6,7)33(42-43(40,41)28-15-11-25(3)12-16-28)20-21-36(32,8)34(30)31(39)23-38(29,37)10/h11-12,15-16,24,27,29,32-33H,4,13-14,17-23H2,1-3,5-10H3/t27-,29+,32+,33+,36+,37-,38+/m1/s1. The van der Waals surface area contributed by atoms with Crippen molar-refractivity contribution < 1.29 is 17.4 Å². The maximum Gasteiger partial charge on any atom is 0.297 e. The summed E-state index contributed by atoms with van der Waals surface area (Å²) in [5, 5.41) is 0. The number of hydrogen-bond donors (Lipinski definition) is 0. The molecule has 43 heavy (non-hydrogen) atoms. The minimum absolute atomic E-state index is 0.0252. The summed E-state index contributed by atoms with van der Waals surface area (Å²) in [4.78, 5) is 14.6. The summed E-state index contributed by atoms with van der Waals surface area (Å²) >= 11 is 0. The third-order valence-electron chi connectivity index (χ3n) is 13.5. The van der Waals surface area contributed by atoms with Gasteiger partial charge in [-0.25, -0.2) is 0 Å². The van der Waals surface area contributed by atoms with Gasteiger partial charge in [0, 0.05) is 12.0 Å². The second-order valence-corrected chi connectivity index (χ2v) is 18.0. The second kappa shape index (κ2) is 11.0. The molecule has 0 amide bonds. The van der Waals surface area contributed by atoms with E-state index in [-0.39, 0.29) is 27.1 Å². The van der Waals surface area contributed by atoms with Gasteiger partial charge in [-0.2, -0.15) is 8.42 Å². The molecule has 0 saturated heterocycles. The van der Waals surface area contributed by atoms with Gasteiger partial charge in [-0.1, -0.05) is 90.8 Å². The van der Waals surface area contributed by atoms with Gasteiger partial charge in [0.25, 0.3) is 10.1 Å². The van der Waals surface area contributed by atoms with E-state index in [0.717, 1.165) is 49.7 Å². The van der Waals surface area contributed by atoms with Gasteiger partial charge in [-0.15, -0.1) is 0 Å². The number of carbonyl (C=O) groups excluding carboxylic acids is 1. The quantitative estimate of drug-likeness (QED) is 0.218. The summed E-state index contributed by atoms with van der Waals surface area (Å²) in [6.07, 6.45) is 8.08. The molecule has 0 aromatic heterocycles. The van der Waals surface area contributed by atoms with Crippen LogP contribution in [0.15, 0.2) is 52.5 Å². The number of Topliss-reactive ketones (excluding diaryl/α,β-unsaturated/α-hetero) is 1. The second-order valence-electron chi connectivity index (χ2n) is 16.4. The zero-order valence-electron chi connectivity index (χ0n) is 28.3. The van der Waals surface area contributed by atoms with Crippen LogP contribution in [0.4, 0.5) is 0 Å². The Balaban J connectivity index is 1.42. The van der Waals surface area contributed by atoms with Crippen LogP contribution in [-0.2, 0) is 19.1 Å². The number of rotatable bonds is 8. The lowest BCUT2D eigenvalue weighted by Crippen LogP contribution is -2.57. The number of benzene rings is 1. The van der Waals surface area contributed by atoms with E-state index >= 15 is 0 Å². The first kappa shape index (κ1) is 32.7. The van der Waals surface area contributed by atoms with Gasteiger partial charge < -0.3 is 0 Å². The van der Waals surface area contributed by atoms with Crippen molar-refractivity contribution in [3.63, 3.8) is 0 Å². The normalized spacial score (nSPS) is 36.2. The number of fused-ring (bicyclic) bond motifs is 4. The highest BCUT2D eigenvalue weighted by atomic mass is 32.2. The van der Waals surface area contributed by atoms with Crippen LogP contribution < -0.4 is 0 Å². The minimum Gasteiger partial charge on any atom is -0.295 e. The van der Waals surface area contributed by atoms with Gasteiger partial charge in [0.1, 0.15) is 0 Å². The summed E-state index contributed by atoms with van der Waals surface area (Å²) in [5.74, 6) is 2.15. The van der Waals surface area contributed by atoms with Crippen LogP contribution in [-0.4, -0.2) is 20.3 Å². The van der Waals surface area contributed by atoms with Crippen LogP contribution in [0.2, 0.25) is 0 Å². The van der Waals surface area contributed by atoms with E-state index in [2.05, 4.69) is 62.0 Å². The highest BCUT2D eigenvalue weighted by Crippen LogP contribution is 2.72. The van der Waals surface area contributed by atoms with Crippen molar-refractivity contribution in [3.8, 4) is 0 Å². The lowest BCUT2D eigenvalue weighted by molar-refractivity contribution is -0.130. The molecule has 0 radical (unpaired) electrons. The molecule has 0 bridgehead atoms. The first-order chi connectivity index (χ1) is 19.9. The Kier molecular flexibility index (Phi) is 8.33.